The van der Waals surface area contributed by atoms with Gasteiger partial charge >= 0.3 is 0 Å². The molecule has 9 nitrogen and oxygen atoms in total. The third kappa shape index (κ3) is 5.42. The Morgan fingerprint density at radius 3 is 2.77 bits per heavy atom. The van der Waals surface area contributed by atoms with Crippen LogP contribution in [-0.2, 0) is 4.74 Å². The molecule has 1 aromatic carbocycles. The van der Waals surface area contributed by atoms with Crippen LogP contribution in [0.4, 0.5) is 5.82 Å². The van der Waals surface area contributed by atoms with Gasteiger partial charge in [-0.2, -0.15) is 9.61 Å². The lowest BCUT2D eigenvalue weighted by Gasteiger charge is -2.27. The number of nitrogens with zero attached hydrogens (tertiary/aromatic N) is 4. The second-order valence-electron chi connectivity index (χ2n) is 9.02. The third-order valence-electron chi connectivity index (χ3n) is 6.16. The molecule has 35 heavy (non-hydrogen) atoms. The number of nitrogens with one attached hydrogen (secondary N) is 1. The fraction of sp³-hybridized carbons (Fsp3) is 0.462. The summed E-state index contributed by atoms with van der Waals surface area (Å²) in [4.78, 5) is 7.13. The molecule has 2 atom stereocenters. The molecule has 4 rings (SSSR count). The highest BCUT2D eigenvalue weighted by Gasteiger charge is 2.26. The van der Waals surface area contributed by atoms with Crippen LogP contribution >= 0.6 is 0 Å². The van der Waals surface area contributed by atoms with Crippen LogP contribution in [0.2, 0.25) is 0 Å². The molecular formula is C26H35N5O4. The van der Waals surface area contributed by atoms with E-state index in [2.05, 4.69) is 35.7 Å². The van der Waals surface area contributed by atoms with E-state index >= 15 is 0 Å². The average Bonchev–Trinajstić information content (AvgIpc) is 3.53. The molecule has 1 aliphatic rings. The number of likely N-dealkylation sites (N-methyl/N-ethyl adjacent to an activating group) is 1. The molecule has 2 N–H and O–H groups in total. The summed E-state index contributed by atoms with van der Waals surface area (Å²) in [5, 5.41) is 17.7. The average molecular weight is 482 g/mol. The Hall–Kier alpha value is -3.14. The molecule has 0 saturated carbocycles. The maximum atomic E-state index is 10.1. The Morgan fingerprint density at radius 2 is 2.11 bits per heavy atom. The van der Waals surface area contributed by atoms with E-state index in [4.69, 9.17) is 19.2 Å². The van der Waals surface area contributed by atoms with Crippen molar-refractivity contribution < 1.29 is 19.3 Å². The van der Waals surface area contributed by atoms with Gasteiger partial charge in [-0.1, -0.05) is 20.4 Å². The minimum atomic E-state index is -0.620. The first-order valence-electron chi connectivity index (χ1n) is 12.0. The predicted molar refractivity (Wildman–Crippen MR) is 136 cm³/mol. The van der Waals surface area contributed by atoms with Crippen molar-refractivity contribution in [3.8, 4) is 22.8 Å². The zero-order valence-electron chi connectivity index (χ0n) is 20.9. The molecular weight excluding hydrogens is 446 g/mol. The highest BCUT2D eigenvalue weighted by molar-refractivity contribution is 5.71. The first kappa shape index (κ1) is 25.0. The molecule has 9 heteroatoms. The number of methoxy groups -OCH3 is 1. The number of aliphatic hydroxyl groups is 1. The molecule has 0 bridgehead atoms. The number of aromatic nitrogens is 3. The summed E-state index contributed by atoms with van der Waals surface area (Å²) in [6, 6.07) is 7.84. The fourth-order valence-corrected chi connectivity index (χ4v) is 4.28. The van der Waals surface area contributed by atoms with Gasteiger partial charge in [-0.25, -0.2) is 4.98 Å². The summed E-state index contributed by atoms with van der Waals surface area (Å²) < 4.78 is 19.0. The topological polar surface area (TPSA) is 93.4 Å². The number of anilines is 1. The van der Waals surface area contributed by atoms with Gasteiger partial charge in [0.25, 0.3) is 0 Å². The smallest absolute Gasteiger partial charge is 0.161 e. The molecule has 0 amide bonds. The van der Waals surface area contributed by atoms with Crippen LogP contribution < -0.4 is 19.7 Å². The summed E-state index contributed by atoms with van der Waals surface area (Å²) in [6.07, 6.45) is 4.01. The number of hydrogen-bond acceptors (Lipinski definition) is 8. The number of hydrogen-bond donors (Lipinski definition) is 2. The van der Waals surface area contributed by atoms with Gasteiger partial charge in [0.05, 0.1) is 31.6 Å². The van der Waals surface area contributed by atoms with Crippen LogP contribution in [0.5, 0.6) is 11.5 Å². The van der Waals surface area contributed by atoms with E-state index in [0.717, 1.165) is 41.3 Å². The van der Waals surface area contributed by atoms with E-state index in [-0.39, 0.29) is 18.6 Å². The van der Waals surface area contributed by atoms with Crippen LogP contribution in [0.15, 0.2) is 43.2 Å². The van der Waals surface area contributed by atoms with Gasteiger partial charge in [0.2, 0.25) is 0 Å². The second kappa shape index (κ2) is 11.1. The van der Waals surface area contributed by atoms with E-state index in [9.17, 15) is 5.11 Å². The minimum Gasteiger partial charge on any atom is -0.497 e. The van der Waals surface area contributed by atoms with Gasteiger partial charge in [0.15, 0.2) is 5.65 Å². The molecule has 1 saturated heterocycles. The van der Waals surface area contributed by atoms with E-state index in [1.165, 1.54) is 0 Å². The number of ether oxygens (including phenoxy) is 3. The third-order valence-corrected chi connectivity index (χ3v) is 6.16. The summed E-state index contributed by atoms with van der Waals surface area (Å²) in [5.41, 5.74) is 3.47. The fourth-order valence-electron chi connectivity index (χ4n) is 4.28. The van der Waals surface area contributed by atoms with Crippen molar-refractivity contribution in [3.05, 3.63) is 48.8 Å². The van der Waals surface area contributed by atoms with Crippen molar-refractivity contribution in [2.45, 2.75) is 38.3 Å². The lowest BCUT2D eigenvalue weighted by molar-refractivity contribution is 0.108. The second-order valence-corrected chi connectivity index (χ2v) is 9.02. The molecule has 0 radical (unpaired) electrons. The van der Waals surface area contributed by atoms with Gasteiger partial charge < -0.3 is 29.5 Å². The quantitative estimate of drug-likeness (QED) is 0.431. The van der Waals surface area contributed by atoms with Gasteiger partial charge in [0.1, 0.15) is 30.0 Å². The summed E-state index contributed by atoms with van der Waals surface area (Å²) in [6.45, 7) is 10.3. The van der Waals surface area contributed by atoms with Crippen LogP contribution in [-0.4, -0.2) is 72.4 Å². The molecule has 188 valence electrons. The van der Waals surface area contributed by atoms with Crippen molar-refractivity contribution in [1.29, 1.82) is 0 Å². The summed E-state index contributed by atoms with van der Waals surface area (Å²) >= 11 is 0. The molecule has 3 heterocycles. The largest absolute Gasteiger partial charge is 0.497 e. The van der Waals surface area contributed by atoms with Crippen LogP contribution in [0.3, 0.4) is 0 Å². The maximum absolute atomic E-state index is 10.1. The number of aliphatic hydroxyl groups excluding tert-OH is 1. The minimum absolute atomic E-state index is 0.164. The molecule has 3 aromatic rings. The van der Waals surface area contributed by atoms with E-state index < -0.39 is 6.10 Å². The van der Waals surface area contributed by atoms with E-state index in [1.807, 2.05) is 35.1 Å². The maximum Gasteiger partial charge on any atom is 0.161 e. The lowest BCUT2D eigenvalue weighted by atomic mass is 10.1. The van der Waals surface area contributed by atoms with Crippen LogP contribution in [0, 0.1) is 0 Å². The van der Waals surface area contributed by atoms with Gasteiger partial charge in [-0.05, 0) is 37.7 Å². The van der Waals surface area contributed by atoms with Crippen molar-refractivity contribution in [2.24, 2.45) is 0 Å². The normalized spacial score (nSPS) is 16.6. The van der Waals surface area contributed by atoms with Crippen LogP contribution in [0.25, 0.3) is 16.9 Å². The number of benzene rings is 1. The molecule has 0 spiro atoms. The summed E-state index contributed by atoms with van der Waals surface area (Å²) in [5.74, 6) is 2.37. The van der Waals surface area contributed by atoms with Gasteiger partial charge in [-0.15, -0.1) is 0 Å². The highest BCUT2D eigenvalue weighted by Crippen LogP contribution is 2.34. The van der Waals surface area contributed by atoms with Crippen LogP contribution in [0.1, 0.15) is 31.7 Å². The number of fused-ring (bicyclic) bond motifs is 1. The number of rotatable bonds is 11. The molecule has 1 aliphatic heterocycles. The monoisotopic (exact) mass is 481 g/mol. The molecule has 0 aliphatic carbocycles. The van der Waals surface area contributed by atoms with Crippen molar-refractivity contribution in [3.63, 3.8) is 0 Å². The molecule has 2 unspecified atom stereocenters. The Labute approximate surface area is 206 Å². The Bertz CT molecular complexity index is 1160. The zero-order valence-corrected chi connectivity index (χ0v) is 20.9. The SMILES string of the molecule is C=CN(c1cc(-c2cc(OC)cc(OCC(O)CNC)c2)nc2c(C(C)C)cnn12)C1CCOC1. The van der Waals surface area contributed by atoms with Gasteiger partial charge in [0, 0.05) is 36.4 Å². The Kier molecular flexibility index (Phi) is 7.90. The Balaban J connectivity index is 1.81. The lowest BCUT2D eigenvalue weighted by Crippen LogP contribution is -2.32. The first-order chi connectivity index (χ1) is 16.9. The molecule has 2 aromatic heterocycles. The summed E-state index contributed by atoms with van der Waals surface area (Å²) in [7, 11) is 3.41. The highest BCUT2D eigenvalue weighted by atomic mass is 16.5. The van der Waals surface area contributed by atoms with E-state index in [0.29, 0.717) is 24.7 Å². The zero-order chi connectivity index (χ0) is 24.9. The first-order valence-corrected chi connectivity index (χ1v) is 12.0. The molecule has 1 fully saturated rings. The van der Waals surface area contributed by atoms with E-state index in [1.54, 1.807) is 20.2 Å². The van der Waals surface area contributed by atoms with Crippen molar-refractivity contribution >= 4 is 11.5 Å². The predicted octanol–water partition coefficient (Wildman–Crippen LogP) is 3.23. The Morgan fingerprint density at radius 1 is 1.31 bits per heavy atom. The van der Waals surface area contributed by atoms with Gasteiger partial charge in [-0.3, -0.25) is 0 Å². The van der Waals surface area contributed by atoms with Crippen molar-refractivity contribution in [2.75, 3.05) is 45.4 Å². The van der Waals surface area contributed by atoms with Crippen molar-refractivity contribution in [1.82, 2.24) is 19.9 Å². The standard InChI is InChI=1S/C26H35N5O4/c1-6-30(19-7-8-34-15-19)25-12-24(29-26-23(17(2)3)14-28-31(25)26)18-9-21(33-5)11-22(10-18)35-16-20(32)13-27-4/h6,9-12,14,17,19-20,27,32H,1,7-8,13,15-16H2,2-5H3.